The number of amides is 1. The number of aryl methyl sites for hydroxylation is 1. The van der Waals surface area contributed by atoms with Crippen molar-refractivity contribution in [3.63, 3.8) is 0 Å². The van der Waals surface area contributed by atoms with Gasteiger partial charge in [-0.05, 0) is 37.0 Å². The molecule has 4 nitrogen and oxygen atoms in total. The van der Waals surface area contributed by atoms with E-state index in [4.69, 9.17) is 10.5 Å². The lowest BCUT2D eigenvalue weighted by Crippen LogP contribution is -2.40. The van der Waals surface area contributed by atoms with Crippen molar-refractivity contribution in [1.29, 1.82) is 0 Å². The van der Waals surface area contributed by atoms with Gasteiger partial charge >= 0.3 is 0 Å². The minimum Gasteiger partial charge on any atom is -0.381 e. The highest BCUT2D eigenvalue weighted by Gasteiger charge is 2.21. The van der Waals surface area contributed by atoms with Gasteiger partial charge in [0, 0.05) is 25.8 Å². The minimum atomic E-state index is -0.507. The maximum atomic E-state index is 13.6. The van der Waals surface area contributed by atoms with E-state index >= 15 is 0 Å². The van der Waals surface area contributed by atoms with Gasteiger partial charge in [-0.15, -0.1) is 0 Å². The number of rotatable bonds is 5. The first-order valence-electron chi connectivity index (χ1n) is 6.94. The third-order valence-electron chi connectivity index (χ3n) is 3.77. The zero-order valence-corrected chi connectivity index (χ0v) is 11.7. The molecule has 1 saturated heterocycles. The summed E-state index contributed by atoms with van der Waals surface area (Å²) in [6, 6.07) is 5.17. The van der Waals surface area contributed by atoms with Gasteiger partial charge in [-0.2, -0.15) is 0 Å². The Labute approximate surface area is 118 Å². The molecule has 1 aliphatic heterocycles. The number of nitrogens with two attached hydrogens (primary N) is 1. The van der Waals surface area contributed by atoms with Crippen LogP contribution in [0.15, 0.2) is 18.2 Å². The van der Waals surface area contributed by atoms with Crippen molar-refractivity contribution >= 4 is 5.91 Å². The summed E-state index contributed by atoms with van der Waals surface area (Å²) in [6.45, 7) is 3.59. The fourth-order valence-corrected chi connectivity index (χ4v) is 2.39. The summed E-state index contributed by atoms with van der Waals surface area (Å²) >= 11 is 0. The summed E-state index contributed by atoms with van der Waals surface area (Å²) in [7, 11) is 0. The molecule has 3 N–H and O–H groups in total. The van der Waals surface area contributed by atoms with Gasteiger partial charge in [0.15, 0.2) is 0 Å². The zero-order valence-electron chi connectivity index (χ0n) is 11.7. The SMILES string of the molecule is Cc1ccc([C@@H](CNC2CCOCC2)C(N)=O)cc1F. The maximum Gasteiger partial charge on any atom is 0.226 e. The van der Waals surface area contributed by atoms with Crippen molar-refractivity contribution in [3.05, 3.63) is 35.1 Å². The summed E-state index contributed by atoms with van der Waals surface area (Å²) in [6.07, 6.45) is 1.85. The molecule has 1 heterocycles. The smallest absolute Gasteiger partial charge is 0.226 e. The standard InChI is InChI=1S/C15H21FN2O2/c1-10-2-3-11(8-14(10)16)13(15(17)19)9-18-12-4-6-20-7-5-12/h2-3,8,12-13,18H,4-7,9H2,1H3,(H2,17,19)/t13-/m1/s1. The molecule has 0 aromatic heterocycles. The van der Waals surface area contributed by atoms with Crippen LogP contribution in [0.4, 0.5) is 4.39 Å². The van der Waals surface area contributed by atoms with Crippen LogP contribution in [0.25, 0.3) is 0 Å². The van der Waals surface area contributed by atoms with Gasteiger partial charge in [0.1, 0.15) is 5.82 Å². The third kappa shape index (κ3) is 3.77. The number of ether oxygens (including phenoxy) is 1. The molecule has 0 unspecified atom stereocenters. The summed E-state index contributed by atoms with van der Waals surface area (Å²) in [5, 5.41) is 3.33. The molecule has 110 valence electrons. The quantitative estimate of drug-likeness (QED) is 0.858. The van der Waals surface area contributed by atoms with E-state index in [0.29, 0.717) is 23.7 Å². The average Bonchev–Trinajstić information content (AvgIpc) is 2.43. The monoisotopic (exact) mass is 280 g/mol. The van der Waals surface area contributed by atoms with E-state index in [1.807, 2.05) is 0 Å². The van der Waals surface area contributed by atoms with E-state index in [1.54, 1.807) is 19.1 Å². The molecule has 1 fully saturated rings. The molecule has 1 atom stereocenters. The van der Waals surface area contributed by atoms with Crippen molar-refractivity contribution in [2.75, 3.05) is 19.8 Å². The first-order valence-corrected chi connectivity index (χ1v) is 6.94. The van der Waals surface area contributed by atoms with Crippen LogP contribution in [-0.4, -0.2) is 31.7 Å². The van der Waals surface area contributed by atoms with Crippen LogP contribution in [0, 0.1) is 12.7 Å². The Morgan fingerprint density at radius 3 is 2.80 bits per heavy atom. The molecule has 0 saturated carbocycles. The summed E-state index contributed by atoms with van der Waals surface area (Å²) in [5.41, 5.74) is 6.64. The molecule has 1 aromatic carbocycles. The van der Waals surface area contributed by atoms with Crippen LogP contribution < -0.4 is 11.1 Å². The van der Waals surface area contributed by atoms with Crippen LogP contribution in [0.2, 0.25) is 0 Å². The minimum absolute atomic E-state index is 0.306. The second kappa shape index (κ2) is 6.81. The van der Waals surface area contributed by atoms with E-state index < -0.39 is 11.8 Å². The molecular weight excluding hydrogens is 259 g/mol. The van der Waals surface area contributed by atoms with E-state index in [1.165, 1.54) is 6.07 Å². The van der Waals surface area contributed by atoms with Gasteiger partial charge in [0.05, 0.1) is 5.92 Å². The predicted octanol–water partition coefficient (Wildman–Crippen LogP) is 1.47. The molecule has 0 bridgehead atoms. The van der Waals surface area contributed by atoms with Gasteiger partial charge in [-0.25, -0.2) is 4.39 Å². The number of benzene rings is 1. The molecule has 1 aromatic rings. The summed E-state index contributed by atoms with van der Waals surface area (Å²) in [5.74, 6) is -1.25. The Bertz CT molecular complexity index is 473. The topological polar surface area (TPSA) is 64.3 Å². The number of primary amides is 1. The number of hydrogen-bond donors (Lipinski definition) is 2. The van der Waals surface area contributed by atoms with Crippen molar-refractivity contribution in [2.24, 2.45) is 5.73 Å². The van der Waals surface area contributed by atoms with Crippen LogP contribution in [-0.2, 0) is 9.53 Å². The predicted molar refractivity (Wildman–Crippen MR) is 74.9 cm³/mol. The Morgan fingerprint density at radius 2 is 2.20 bits per heavy atom. The van der Waals surface area contributed by atoms with Crippen molar-refractivity contribution in [2.45, 2.75) is 31.7 Å². The fourth-order valence-electron chi connectivity index (χ4n) is 2.39. The van der Waals surface area contributed by atoms with E-state index in [2.05, 4.69) is 5.32 Å². The number of carbonyl (C=O) groups is 1. The lowest BCUT2D eigenvalue weighted by molar-refractivity contribution is -0.119. The highest BCUT2D eigenvalue weighted by Crippen LogP contribution is 2.19. The van der Waals surface area contributed by atoms with Gasteiger partial charge < -0.3 is 15.8 Å². The molecule has 0 aliphatic carbocycles. The van der Waals surface area contributed by atoms with Crippen molar-refractivity contribution < 1.29 is 13.9 Å². The fraction of sp³-hybridized carbons (Fsp3) is 0.533. The second-order valence-electron chi connectivity index (χ2n) is 5.26. The normalized spacial score (nSPS) is 17.9. The van der Waals surface area contributed by atoms with Crippen LogP contribution >= 0.6 is 0 Å². The molecule has 1 aliphatic rings. The van der Waals surface area contributed by atoms with E-state index in [9.17, 15) is 9.18 Å². The Balaban J connectivity index is 2.02. The van der Waals surface area contributed by atoms with E-state index in [-0.39, 0.29) is 5.82 Å². The van der Waals surface area contributed by atoms with Crippen molar-refractivity contribution in [1.82, 2.24) is 5.32 Å². The second-order valence-corrected chi connectivity index (χ2v) is 5.26. The van der Waals surface area contributed by atoms with Gasteiger partial charge in [0.25, 0.3) is 0 Å². The van der Waals surface area contributed by atoms with Crippen LogP contribution in [0.3, 0.4) is 0 Å². The molecule has 20 heavy (non-hydrogen) atoms. The highest BCUT2D eigenvalue weighted by molar-refractivity contribution is 5.82. The third-order valence-corrected chi connectivity index (χ3v) is 3.77. The molecule has 5 heteroatoms. The van der Waals surface area contributed by atoms with E-state index in [0.717, 1.165) is 26.1 Å². The number of nitrogens with one attached hydrogen (secondary N) is 1. The largest absolute Gasteiger partial charge is 0.381 e. The lowest BCUT2D eigenvalue weighted by Gasteiger charge is -2.25. The lowest BCUT2D eigenvalue weighted by atomic mass is 9.96. The zero-order chi connectivity index (χ0) is 14.5. The number of hydrogen-bond acceptors (Lipinski definition) is 3. The van der Waals surface area contributed by atoms with Gasteiger partial charge in [-0.3, -0.25) is 4.79 Å². The molecular formula is C15H21FN2O2. The first-order chi connectivity index (χ1) is 9.58. The highest BCUT2D eigenvalue weighted by atomic mass is 19.1. The Hall–Kier alpha value is -1.46. The van der Waals surface area contributed by atoms with Crippen molar-refractivity contribution in [3.8, 4) is 0 Å². The van der Waals surface area contributed by atoms with Gasteiger partial charge in [-0.1, -0.05) is 12.1 Å². The average molecular weight is 280 g/mol. The summed E-state index contributed by atoms with van der Waals surface area (Å²) < 4.78 is 18.9. The van der Waals surface area contributed by atoms with Crippen LogP contribution in [0.5, 0.6) is 0 Å². The van der Waals surface area contributed by atoms with Gasteiger partial charge in [0.2, 0.25) is 5.91 Å². The summed E-state index contributed by atoms with van der Waals surface area (Å²) in [4.78, 5) is 11.6. The maximum absolute atomic E-state index is 13.6. The first kappa shape index (κ1) is 14.9. The Kier molecular flexibility index (Phi) is 5.09. The molecule has 2 rings (SSSR count). The molecule has 0 spiro atoms. The molecule has 0 radical (unpaired) electrons. The number of carbonyl (C=O) groups excluding carboxylic acids is 1. The van der Waals surface area contributed by atoms with Crippen LogP contribution in [0.1, 0.15) is 29.9 Å². The molecule has 1 amide bonds. The Morgan fingerprint density at radius 1 is 1.50 bits per heavy atom. The number of halogens is 1.